The lowest BCUT2D eigenvalue weighted by atomic mass is 10.1. The van der Waals surface area contributed by atoms with E-state index in [1.807, 2.05) is 30.3 Å². The number of nitrogens with zero attached hydrogens (tertiary/aromatic N) is 1. The van der Waals surface area contributed by atoms with Gasteiger partial charge in [0.25, 0.3) is 0 Å². The molecule has 2 aromatic rings. The summed E-state index contributed by atoms with van der Waals surface area (Å²) in [5, 5.41) is 20.8. The summed E-state index contributed by atoms with van der Waals surface area (Å²) in [5.41, 5.74) is 0.821. The van der Waals surface area contributed by atoms with E-state index < -0.39 is 0 Å². The zero-order chi connectivity index (χ0) is 12.8. The Balaban J connectivity index is 2.23. The summed E-state index contributed by atoms with van der Waals surface area (Å²) in [6.07, 6.45) is 0. The Bertz CT molecular complexity index is 538. The molecule has 0 heterocycles. The van der Waals surface area contributed by atoms with Crippen molar-refractivity contribution in [1.29, 1.82) is 0 Å². The van der Waals surface area contributed by atoms with Crippen molar-refractivity contribution < 1.29 is 15.1 Å². The molecule has 2 N–H and O–H groups in total. The number of oxime groups is 1. The Labute approximate surface area is 105 Å². The van der Waals surface area contributed by atoms with Gasteiger partial charge < -0.3 is 15.1 Å². The fourth-order valence-electron chi connectivity index (χ4n) is 1.54. The van der Waals surface area contributed by atoms with E-state index in [2.05, 4.69) is 5.16 Å². The number of aliphatic hydroxyl groups excluding tert-OH is 1. The number of aliphatic hydroxyl groups is 1. The highest BCUT2D eigenvalue weighted by Crippen LogP contribution is 2.21. The van der Waals surface area contributed by atoms with E-state index in [0.29, 0.717) is 11.3 Å². The van der Waals surface area contributed by atoms with Gasteiger partial charge in [0.15, 0.2) is 0 Å². The van der Waals surface area contributed by atoms with Crippen LogP contribution >= 0.6 is 0 Å². The molecule has 0 spiro atoms. The predicted molar refractivity (Wildman–Crippen MR) is 68.4 cm³/mol. The zero-order valence-corrected chi connectivity index (χ0v) is 9.65. The van der Waals surface area contributed by atoms with Crippen LogP contribution < -0.4 is 4.74 Å². The Morgan fingerprint density at radius 2 is 1.72 bits per heavy atom. The van der Waals surface area contributed by atoms with Crippen LogP contribution in [0.1, 0.15) is 5.56 Å². The SMILES string of the molecule is OCC(=NO)c1cccc(Oc2ccccc2)c1. The van der Waals surface area contributed by atoms with Crippen LogP contribution in [-0.2, 0) is 0 Å². The summed E-state index contributed by atoms with van der Waals surface area (Å²) in [5.74, 6) is 1.34. The molecule has 0 amide bonds. The summed E-state index contributed by atoms with van der Waals surface area (Å²) in [6.45, 7) is -0.328. The normalized spacial score (nSPS) is 11.3. The Morgan fingerprint density at radius 3 is 2.39 bits per heavy atom. The van der Waals surface area contributed by atoms with Crippen molar-refractivity contribution in [3.8, 4) is 11.5 Å². The third-order valence-electron chi connectivity index (χ3n) is 2.42. The zero-order valence-electron chi connectivity index (χ0n) is 9.65. The van der Waals surface area contributed by atoms with Gasteiger partial charge in [0, 0.05) is 5.56 Å². The molecule has 0 aliphatic carbocycles. The molecule has 0 atom stereocenters. The van der Waals surface area contributed by atoms with Gasteiger partial charge >= 0.3 is 0 Å². The maximum Gasteiger partial charge on any atom is 0.128 e. The lowest BCUT2D eigenvalue weighted by molar-refractivity contribution is 0.304. The molecule has 18 heavy (non-hydrogen) atoms. The molecule has 0 radical (unpaired) electrons. The van der Waals surface area contributed by atoms with Crippen LogP contribution in [0.2, 0.25) is 0 Å². The summed E-state index contributed by atoms with van der Waals surface area (Å²) < 4.78 is 5.64. The number of para-hydroxylation sites is 1. The van der Waals surface area contributed by atoms with Crippen LogP contribution in [0.25, 0.3) is 0 Å². The molecule has 0 aromatic heterocycles. The van der Waals surface area contributed by atoms with Gasteiger partial charge in [-0.2, -0.15) is 0 Å². The summed E-state index contributed by atoms with van der Waals surface area (Å²) >= 11 is 0. The van der Waals surface area contributed by atoms with Gasteiger partial charge in [0.05, 0.1) is 6.61 Å². The Kier molecular flexibility index (Phi) is 3.94. The molecule has 0 saturated heterocycles. The molecule has 2 rings (SSSR count). The van der Waals surface area contributed by atoms with Crippen molar-refractivity contribution >= 4 is 5.71 Å². The van der Waals surface area contributed by atoms with Gasteiger partial charge in [-0.3, -0.25) is 0 Å². The average molecular weight is 243 g/mol. The molecule has 0 fully saturated rings. The number of hydrogen-bond donors (Lipinski definition) is 2. The van der Waals surface area contributed by atoms with Gasteiger partial charge in [-0.15, -0.1) is 0 Å². The first-order valence-corrected chi connectivity index (χ1v) is 5.48. The first-order chi connectivity index (χ1) is 8.83. The minimum Gasteiger partial charge on any atom is -0.457 e. The first-order valence-electron chi connectivity index (χ1n) is 5.48. The van der Waals surface area contributed by atoms with Gasteiger partial charge in [0.2, 0.25) is 0 Å². The van der Waals surface area contributed by atoms with Crippen molar-refractivity contribution in [3.05, 3.63) is 60.2 Å². The topological polar surface area (TPSA) is 62.1 Å². The van der Waals surface area contributed by atoms with Crippen LogP contribution in [0.5, 0.6) is 11.5 Å². The summed E-state index contributed by atoms with van der Waals surface area (Å²) in [7, 11) is 0. The second-order valence-corrected chi connectivity index (χ2v) is 3.65. The van der Waals surface area contributed by atoms with Crippen LogP contribution in [0, 0.1) is 0 Å². The molecule has 0 bridgehead atoms. The monoisotopic (exact) mass is 243 g/mol. The Hall–Kier alpha value is -2.33. The van der Waals surface area contributed by atoms with Crippen LogP contribution in [0.15, 0.2) is 59.8 Å². The molecule has 0 aliphatic heterocycles. The number of rotatable bonds is 4. The maximum absolute atomic E-state index is 9.03. The van der Waals surface area contributed by atoms with E-state index in [1.165, 1.54) is 0 Å². The predicted octanol–water partition coefficient (Wildman–Crippen LogP) is 2.65. The van der Waals surface area contributed by atoms with E-state index in [4.69, 9.17) is 15.1 Å². The second-order valence-electron chi connectivity index (χ2n) is 3.65. The molecular weight excluding hydrogens is 230 g/mol. The molecular formula is C14H13NO3. The lowest BCUT2D eigenvalue weighted by Crippen LogP contribution is -2.06. The van der Waals surface area contributed by atoms with Crippen molar-refractivity contribution in [2.75, 3.05) is 6.61 Å². The van der Waals surface area contributed by atoms with Gasteiger partial charge in [-0.25, -0.2) is 0 Å². The second kappa shape index (κ2) is 5.84. The summed E-state index contributed by atoms with van der Waals surface area (Å²) in [4.78, 5) is 0. The molecule has 0 saturated carbocycles. The molecule has 4 nitrogen and oxygen atoms in total. The largest absolute Gasteiger partial charge is 0.457 e. The van der Waals surface area contributed by atoms with Crippen molar-refractivity contribution in [2.45, 2.75) is 0 Å². The minimum atomic E-state index is -0.328. The van der Waals surface area contributed by atoms with Gasteiger partial charge in [-0.05, 0) is 24.3 Å². The highest BCUT2D eigenvalue weighted by molar-refractivity contribution is 6.01. The lowest BCUT2D eigenvalue weighted by Gasteiger charge is -2.07. The first kappa shape index (κ1) is 12.1. The van der Waals surface area contributed by atoms with Crippen LogP contribution in [0.4, 0.5) is 0 Å². The third-order valence-corrected chi connectivity index (χ3v) is 2.42. The van der Waals surface area contributed by atoms with E-state index in [-0.39, 0.29) is 12.3 Å². The average Bonchev–Trinajstić information content (AvgIpc) is 2.42. The minimum absolute atomic E-state index is 0.202. The fraction of sp³-hybridized carbons (Fsp3) is 0.0714. The van der Waals surface area contributed by atoms with Gasteiger partial charge in [0.1, 0.15) is 17.2 Å². The van der Waals surface area contributed by atoms with Crippen LogP contribution in [0.3, 0.4) is 0 Å². The van der Waals surface area contributed by atoms with E-state index in [0.717, 1.165) is 5.75 Å². The fourth-order valence-corrected chi connectivity index (χ4v) is 1.54. The third kappa shape index (κ3) is 2.87. The molecule has 92 valence electrons. The number of ether oxygens (including phenoxy) is 1. The van der Waals surface area contributed by atoms with E-state index in [1.54, 1.807) is 24.3 Å². The van der Waals surface area contributed by atoms with Crippen molar-refractivity contribution in [2.24, 2.45) is 5.16 Å². The van der Waals surface area contributed by atoms with E-state index >= 15 is 0 Å². The van der Waals surface area contributed by atoms with Crippen LogP contribution in [-0.4, -0.2) is 22.6 Å². The molecule has 0 unspecified atom stereocenters. The van der Waals surface area contributed by atoms with E-state index in [9.17, 15) is 0 Å². The number of benzene rings is 2. The standard InChI is InChI=1S/C14H13NO3/c16-10-14(15-17)11-5-4-8-13(9-11)18-12-6-2-1-3-7-12/h1-9,16-17H,10H2. The molecule has 4 heteroatoms. The highest BCUT2D eigenvalue weighted by atomic mass is 16.5. The maximum atomic E-state index is 9.03. The molecule has 2 aromatic carbocycles. The Morgan fingerprint density at radius 1 is 1.00 bits per heavy atom. The summed E-state index contributed by atoms with van der Waals surface area (Å²) in [6, 6.07) is 16.4. The van der Waals surface area contributed by atoms with Gasteiger partial charge in [-0.1, -0.05) is 35.5 Å². The molecule has 0 aliphatic rings. The quantitative estimate of drug-likeness (QED) is 0.493. The smallest absolute Gasteiger partial charge is 0.128 e. The number of hydrogen-bond acceptors (Lipinski definition) is 4. The highest BCUT2D eigenvalue weighted by Gasteiger charge is 2.04. The van der Waals surface area contributed by atoms with Crippen molar-refractivity contribution in [3.63, 3.8) is 0 Å². The van der Waals surface area contributed by atoms with Crippen molar-refractivity contribution in [1.82, 2.24) is 0 Å².